The van der Waals surface area contributed by atoms with Gasteiger partial charge in [0.25, 0.3) is 5.91 Å². The second-order valence-electron chi connectivity index (χ2n) is 7.20. The average molecular weight is 462 g/mol. The van der Waals surface area contributed by atoms with Gasteiger partial charge in [0, 0.05) is 5.69 Å². The van der Waals surface area contributed by atoms with Gasteiger partial charge in [-0.2, -0.15) is 13.2 Å². The topological polar surface area (TPSA) is 90.7 Å². The molecule has 0 aliphatic rings. The van der Waals surface area contributed by atoms with Crippen molar-refractivity contribution in [2.45, 2.75) is 39.7 Å². The zero-order valence-corrected chi connectivity index (χ0v) is 18.0. The summed E-state index contributed by atoms with van der Waals surface area (Å²) < 4.78 is 54.6. The molecule has 0 aliphatic heterocycles. The van der Waals surface area contributed by atoms with Crippen molar-refractivity contribution in [1.82, 2.24) is 5.16 Å². The molecule has 1 aromatic heterocycles. The van der Waals surface area contributed by atoms with Gasteiger partial charge in [-0.05, 0) is 51.1 Å². The number of carbonyl (C=O) groups excluding carboxylic acids is 2. The summed E-state index contributed by atoms with van der Waals surface area (Å²) in [5.41, 5.74) is 0.512. The van der Waals surface area contributed by atoms with Gasteiger partial charge in [0.05, 0.1) is 16.8 Å². The van der Waals surface area contributed by atoms with Crippen molar-refractivity contribution in [3.05, 3.63) is 76.7 Å². The van der Waals surface area contributed by atoms with E-state index < -0.39 is 29.7 Å². The fourth-order valence-electron chi connectivity index (χ4n) is 2.91. The standard InChI is InChI=1S/C23H21F3N2O5/c1-13-19(14(2)33-28-13)12-31-20-10-5-4-9-18(20)22(30)32-15(3)21(29)27-17-8-6-7-16(11-17)23(24,25)26/h4-11,15H,12H2,1-3H3,(H,27,29). The van der Waals surface area contributed by atoms with E-state index in [1.165, 1.54) is 25.1 Å². The largest absolute Gasteiger partial charge is 0.488 e. The zero-order chi connectivity index (χ0) is 24.2. The fraction of sp³-hybridized carbons (Fsp3) is 0.261. The lowest BCUT2D eigenvalue weighted by molar-refractivity contribution is -0.137. The van der Waals surface area contributed by atoms with E-state index in [0.29, 0.717) is 11.5 Å². The SMILES string of the molecule is Cc1noc(C)c1COc1ccccc1C(=O)OC(C)C(=O)Nc1cccc(C(F)(F)F)c1. The van der Waals surface area contributed by atoms with Crippen LogP contribution in [0, 0.1) is 13.8 Å². The number of esters is 1. The molecular formula is C23H21F3N2O5. The van der Waals surface area contributed by atoms with Crippen molar-refractivity contribution in [2.75, 3.05) is 5.32 Å². The third-order valence-electron chi connectivity index (χ3n) is 4.77. The van der Waals surface area contributed by atoms with Gasteiger partial charge < -0.3 is 19.3 Å². The van der Waals surface area contributed by atoms with Gasteiger partial charge in [0.15, 0.2) is 6.10 Å². The van der Waals surface area contributed by atoms with Crippen LogP contribution in [0.25, 0.3) is 0 Å². The number of rotatable bonds is 7. The maximum absolute atomic E-state index is 12.9. The van der Waals surface area contributed by atoms with Gasteiger partial charge in [-0.15, -0.1) is 0 Å². The number of halogens is 3. The number of nitrogens with zero attached hydrogens (tertiary/aromatic N) is 1. The first-order chi connectivity index (χ1) is 15.6. The van der Waals surface area contributed by atoms with Crippen LogP contribution >= 0.6 is 0 Å². The quantitative estimate of drug-likeness (QED) is 0.493. The van der Waals surface area contributed by atoms with Crippen LogP contribution in [0.15, 0.2) is 53.1 Å². The van der Waals surface area contributed by atoms with E-state index in [1.54, 1.807) is 32.0 Å². The molecule has 2 aromatic carbocycles. The lowest BCUT2D eigenvalue weighted by Gasteiger charge is -2.16. The predicted octanol–water partition coefficient (Wildman–Crippen LogP) is 5.07. The van der Waals surface area contributed by atoms with Crippen molar-refractivity contribution in [1.29, 1.82) is 0 Å². The molecule has 1 N–H and O–H groups in total. The molecule has 0 saturated heterocycles. The van der Waals surface area contributed by atoms with E-state index in [9.17, 15) is 22.8 Å². The average Bonchev–Trinajstić information content (AvgIpc) is 3.09. The number of nitrogens with one attached hydrogen (secondary N) is 1. The number of benzene rings is 2. The Morgan fingerprint density at radius 1 is 1.12 bits per heavy atom. The molecule has 0 radical (unpaired) electrons. The third kappa shape index (κ3) is 5.91. The Morgan fingerprint density at radius 3 is 2.52 bits per heavy atom. The maximum atomic E-state index is 12.9. The highest BCUT2D eigenvalue weighted by Gasteiger charge is 2.30. The molecule has 3 rings (SSSR count). The molecule has 1 atom stereocenters. The molecule has 1 heterocycles. The molecular weight excluding hydrogens is 441 g/mol. The Kier molecular flexibility index (Phi) is 7.05. The summed E-state index contributed by atoms with van der Waals surface area (Å²) in [6.45, 7) is 4.93. The number of amides is 1. The van der Waals surface area contributed by atoms with E-state index in [0.717, 1.165) is 17.7 Å². The summed E-state index contributed by atoms with van der Waals surface area (Å²) in [7, 11) is 0. The molecule has 174 valence electrons. The smallest absolute Gasteiger partial charge is 0.416 e. The Hall–Kier alpha value is -3.82. The number of carbonyl (C=O) groups is 2. The van der Waals surface area contributed by atoms with Crippen LogP contribution in [0.1, 0.15) is 39.9 Å². The van der Waals surface area contributed by atoms with E-state index in [-0.39, 0.29) is 23.6 Å². The van der Waals surface area contributed by atoms with Crippen LogP contribution in [0.3, 0.4) is 0 Å². The number of anilines is 1. The first kappa shape index (κ1) is 23.8. The molecule has 1 amide bonds. The van der Waals surface area contributed by atoms with Crippen molar-refractivity contribution >= 4 is 17.6 Å². The van der Waals surface area contributed by atoms with Crippen LogP contribution in [0.2, 0.25) is 0 Å². The lowest BCUT2D eigenvalue weighted by Crippen LogP contribution is -2.30. The Morgan fingerprint density at radius 2 is 1.85 bits per heavy atom. The number of alkyl halides is 3. The van der Waals surface area contributed by atoms with Crippen LogP contribution in [0.5, 0.6) is 5.75 Å². The monoisotopic (exact) mass is 462 g/mol. The Labute approximate surface area is 187 Å². The number of ether oxygens (including phenoxy) is 2. The van der Waals surface area contributed by atoms with Crippen LogP contribution < -0.4 is 10.1 Å². The highest BCUT2D eigenvalue weighted by molar-refractivity contribution is 5.98. The van der Waals surface area contributed by atoms with E-state index in [1.807, 2.05) is 0 Å². The van der Waals surface area contributed by atoms with E-state index in [4.69, 9.17) is 14.0 Å². The van der Waals surface area contributed by atoms with Crippen LogP contribution in [-0.4, -0.2) is 23.1 Å². The molecule has 0 saturated carbocycles. The summed E-state index contributed by atoms with van der Waals surface area (Å²) in [5, 5.41) is 6.16. The fourth-order valence-corrected chi connectivity index (χ4v) is 2.91. The highest BCUT2D eigenvalue weighted by Crippen LogP contribution is 2.30. The van der Waals surface area contributed by atoms with Crippen LogP contribution in [0.4, 0.5) is 18.9 Å². The third-order valence-corrected chi connectivity index (χ3v) is 4.77. The number of aromatic nitrogens is 1. The molecule has 0 aliphatic carbocycles. The van der Waals surface area contributed by atoms with Gasteiger partial charge in [0.1, 0.15) is 23.7 Å². The van der Waals surface area contributed by atoms with Gasteiger partial charge in [0.2, 0.25) is 0 Å². The molecule has 0 spiro atoms. The summed E-state index contributed by atoms with van der Waals surface area (Å²) in [6.07, 6.45) is -5.82. The minimum atomic E-state index is -4.55. The minimum absolute atomic E-state index is 0.0686. The zero-order valence-electron chi connectivity index (χ0n) is 18.0. The van der Waals surface area contributed by atoms with Gasteiger partial charge >= 0.3 is 12.1 Å². The number of hydrogen-bond donors (Lipinski definition) is 1. The summed E-state index contributed by atoms with van der Waals surface area (Å²) in [4.78, 5) is 25.0. The van der Waals surface area contributed by atoms with Gasteiger partial charge in [-0.25, -0.2) is 4.79 Å². The molecule has 3 aromatic rings. The second-order valence-corrected chi connectivity index (χ2v) is 7.20. The minimum Gasteiger partial charge on any atom is -0.488 e. The predicted molar refractivity (Wildman–Crippen MR) is 112 cm³/mol. The number of aryl methyl sites for hydroxylation is 2. The molecule has 33 heavy (non-hydrogen) atoms. The van der Waals surface area contributed by atoms with Gasteiger partial charge in [-0.3, -0.25) is 4.79 Å². The van der Waals surface area contributed by atoms with Gasteiger partial charge in [-0.1, -0.05) is 23.4 Å². The van der Waals surface area contributed by atoms with Crippen molar-refractivity contribution in [2.24, 2.45) is 0 Å². The summed E-state index contributed by atoms with van der Waals surface area (Å²) in [5.74, 6) is -0.784. The molecule has 7 nitrogen and oxygen atoms in total. The van der Waals surface area contributed by atoms with Crippen molar-refractivity contribution < 1.29 is 36.8 Å². The summed E-state index contributed by atoms with van der Waals surface area (Å²) >= 11 is 0. The van der Waals surface area contributed by atoms with Crippen molar-refractivity contribution in [3.63, 3.8) is 0 Å². The molecule has 10 heteroatoms. The Bertz CT molecular complexity index is 1140. The molecule has 0 bridgehead atoms. The summed E-state index contributed by atoms with van der Waals surface area (Å²) in [6, 6.07) is 10.5. The van der Waals surface area contributed by atoms with Crippen molar-refractivity contribution in [3.8, 4) is 5.75 Å². The normalized spacial score (nSPS) is 12.2. The first-order valence-electron chi connectivity index (χ1n) is 9.89. The Balaban J connectivity index is 1.66. The molecule has 0 fully saturated rings. The first-order valence-corrected chi connectivity index (χ1v) is 9.89. The maximum Gasteiger partial charge on any atom is 0.416 e. The van der Waals surface area contributed by atoms with E-state index >= 15 is 0 Å². The highest BCUT2D eigenvalue weighted by atomic mass is 19.4. The van der Waals surface area contributed by atoms with Crippen LogP contribution in [-0.2, 0) is 22.3 Å². The number of para-hydroxylation sites is 1. The second kappa shape index (κ2) is 9.76. The molecule has 1 unspecified atom stereocenters. The lowest BCUT2D eigenvalue weighted by atomic mass is 10.2. The van der Waals surface area contributed by atoms with E-state index in [2.05, 4.69) is 10.5 Å². The number of hydrogen-bond acceptors (Lipinski definition) is 6.